The third-order valence-electron chi connectivity index (χ3n) is 4.62. The number of unbranched alkanes of at least 4 members (excludes halogenated alkanes) is 1. The molecule has 0 aliphatic rings. The van der Waals surface area contributed by atoms with E-state index in [1.54, 1.807) is 30.0 Å². The molecule has 0 aliphatic heterocycles. The summed E-state index contributed by atoms with van der Waals surface area (Å²) in [5.41, 5.74) is 1.62. The Kier molecular flexibility index (Phi) is 9.47. The minimum absolute atomic E-state index is 0.0963. The zero-order valence-electron chi connectivity index (χ0n) is 16.6. The molecule has 0 saturated carbocycles. The summed E-state index contributed by atoms with van der Waals surface area (Å²) in [5, 5.41) is 3.87. The van der Waals surface area contributed by atoms with Gasteiger partial charge in [0, 0.05) is 27.6 Å². The standard InChI is InChI=1S/C22H25BrCl2N2O2/c1-3-4-11-26-22(29)15(2)27(14-16-5-8-18(23)9-6-16)21(28)12-17-7-10-19(24)13-20(17)25/h5-10,13,15H,3-4,11-12,14H2,1-2H3,(H,26,29)/t15-/m1/s1. The molecule has 0 heterocycles. The van der Waals surface area contributed by atoms with Gasteiger partial charge >= 0.3 is 0 Å². The second kappa shape index (κ2) is 11.6. The van der Waals surface area contributed by atoms with Crippen LogP contribution in [-0.4, -0.2) is 29.3 Å². The molecule has 0 bridgehead atoms. The van der Waals surface area contributed by atoms with Crippen molar-refractivity contribution < 1.29 is 9.59 Å². The normalized spacial score (nSPS) is 11.8. The van der Waals surface area contributed by atoms with Gasteiger partial charge in [-0.2, -0.15) is 0 Å². The zero-order chi connectivity index (χ0) is 21.4. The third kappa shape index (κ3) is 7.32. The molecule has 0 spiro atoms. The summed E-state index contributed by atoms with van der Waals surface area (Å²) in [6, 6.07) is 12.2. The molecular weight excluding hydrogens is 475 g/mol. The minimum Gasteiger partial charge on any atom is -0.354 e. The average molecular weight is 500 g/mol. The number of halogens is 3. The molecule has 29 heavy (non-hydrogen) atoms. The van der Waals surface area contributed by atoms with E-state index in [0.29, 0.717) is 28.7 Å². The molecule has 1 N–H and O–H groups in total. The molecule has 156 valence electrons. The van der Waals surface area contributed by atoms with Crippen LogP contribution in [0.2, 0.25) is 10.0 Å². The molecule has 4 nitrogen and oxygen atoms in total. The Morgan fingerprint density at radius 3 is 2.45 bits per heavy atom. The molecule has 0 aliphatic carbocycles. The highest BCUT2D eigenvalue weighted by atomic mass is 79.9. The Hall–Kier alpha value is -1.56. The topological polar surface area (TPSA) is 49.4 Å². The summed E-state index contributed by atoms with van der Waals surface area (Å²) < 4.78 is 0.956. The number of carbonyl (C=O) groups is 2. The Morgan fingerprint density at radius 2 is 1.83 bits per heavy atom. The van der Waals surface area contributed by atoms with Crippen LogP contribution in [0.1, 0.15) is 37.8 Å². The lowest BCUT2D eigenvalue weighted by atomic mass is 10.1. The van der Waals surface area contributed by atoms with Crippen molar-refractivity contribution in [2.75, 3.05) is 6.54 Å². The number of nitrogens with zero attached hydrogens (tertiary/aromatic N) is 1. The predicted octanol–water partition coefficient (Wildman–Crippen LogP) is 5.63. The van der Waals surface area contributed by atoms with Gasteiger partial charge in [0.2, 0.25) is 11.8 Å². The SMILES string of the molecule is CCCCNC(=O)[C@@H](C)N(Cc1ccc(Br)cc1)C(=O)Cc1ccc(Cl)cc1Cl. The van der Waals surface area contributed by atoms with Crippen molar-refractivity contribution in [3.63, 3.8) is 0 Å². The van der Waals surface area contributed by atoms with E-state index < -0.39 is 6.04 Å². The Bertz CT molecular complexity index is 843. The molecule has 0 aromatic heterocycles. The van der Waals surface area contributed by atoms with Crippen molar-refractivity contribution in [3.05, 3.63) is 68.1 Å². The van der Waals surface area contributed by atoms with E-state index in [9.17, 15) is 9.59 Å². The summed E-state index contributed by atoms with van der Waals surface area (Å²) in [6.07, 6.45) is 1.99. The van der Waals surface area contributed by atoms with Crippen molar-refractivity contribution in [1.29, 1.82) is 0 Å². The molecule has 0 fully saturated rings. The van der Waals surface area contributed by atoms with Crippen molar-refractivity contribution in [2.45, 2.75) is 45.7 Å². The summed E-state index contributed by atoms with van der Waals surface area (Å²) >= 11 is 15.6. The largest absolute Gasteiger partial charge is 0.354 e. The lowest BCUT2D eigenvalue weighted by Gasteiger charge is -2.29. The summed E-state index contributed by atoms with van der Waals surface area (Å²) in [4.78, 5) is 27.4. The number of hydrogen-bond acceptors (Lipinski definition) is 2. The lowest BCUT2D eigenvalue weighted by Crippen LogP contribution is -2.48. The fraction of sp³-hybridized carbons (Fsp3) is 0.364. The van der Waals surface area contributed by atoms with Gasteiger partial charge in [0.15, 0.2) is 0 Å². The number of carbonyl (C=O) groups excluding carboxylic acids is 2. The highest BCUT2D eigenvalue weighted by molar-refractivity contribution is 9.10. The molecule has 2 aromatic rings. The van der Waals surface area contributed by atoms with Crippen molar-refractivity contribution in [3.8, 4) is 0 Å². The summed E-state index contributed by atoms with van der Waals surface area (Å²) in [6.45, 7) is 4.75. The Balaban J connectivity index is 2.20. The van der Waals surface area contributed by atoms with Gasteiger partial charge in [-0.25, -0.2) is 0 Å². The van der Waals surface area contributed by atoms with Gasteiger partial charge < -0.3 is 10.2 Å². The molecule has 0 unspecified atom stereocenters. The average Bonchev–Trinajstić information content (AvgIpc) is 2.69. The minimum atomic E-state index is -0.603. The fourth-order valence-electron chi connectivity index (χ4n) is 2.83. The quantitative estimate of drug-likeness (QED) is 0.454. The van der Waals surface area contributed by atoms with Crippen LogP contribution in [0.3, 0.4) is 0 Å². The van der Waals surface area contributed by atoms with Gasteiger partial charge in [0.25, 0.3) is 0 Å². The van der Waals surface area contributed by atoms with Gasteiger partial charge in [-0.15, -0.1) is 0 Å². The predicted molar refractivity (Wildman–Crippen MR) is 122 cm³/mol. The molecule has 2 rings (SSSR count). The lowest BCUT2D eigenvalue weighted by molar-refractivity contribution is -0.140. The summed E-state index contributed by atoms with van der Waals surface area (Å²) in [5.74, 6) is -0.332. The van der Waals surface area contributed by atoms with Crippen molar-refractivity contribution >= 4 is 50.9 Å². The van der Waals surface area contributed by atoms with E-state index in [2.05, 4.69) is 28.2 Å². The number of benzene rings is 2. The van der Waals surface area contributed by atoms with Gasteiger partial charge in [0.1, 0.15) is 6.04 Å². The van der Waals surface area contributed by atoms with Crippen LogP contribution >= 0.6 is 39.1 Å². The van der Waals surface area contributed by atoms with E-state index in [4.69, 9.17) is 23.2 Å². The van der Waals surface area contributed by atoms with Crippen LogP contribution in [0.25, 0.3) is 0 Å². The first-order valence-corrected chi connectivity index (χ1v) is 11.1. The van der Waals surface area contributed by atoms with E-state index in [1.165, 1.54) is 0 Å². The molecule has 2 aromatic carbocycles. The van der Waals surface area contributed by atoms with Crippen LogP contribution in [-0.2, 0) is 22.6 Å². The first-order chi connectivity index (χ1) is 13.8. The van der Waals surface area contributed by atoms with E-state index in [-0.39, 0.29) is 18.2 Å². The van der Waals surface area contributed by atoms with Crippen LogP contribution in [0.15, 0.2) is 46.9 Å². The van der Waals surface area contributed by atoms with Crippen LogP contribution in [0.5, 0.6) is 0 Å². The Labute approximate surface area is 190 Å². The van der Waals surface area contributed by atoms with Crippen LogP contribution < -0.4 is 5.32 Å². The molecule has 7 heteroatoms. The van der Waals surface area contributed by atoms with Crippen molar-refractivity contribution in [1.82, 2.24) is 10.2 Å². The monoisotopic (exact) mass is 498 g/mol. The maximum Gasteiger partial charge on any atom is 0.242 e. The van der Waals surface area contributed by atoms with E-state index in [1.807, 2.05) is 24.3 Å². The first kappa shape index (κ1) is 23.7. The van der Waals surface area contributed by atoms with Gasteiger partial charge in [0.05, 0.1) is 6.42 Å². The number of nitrogens with one attached hydrogen (secondary N) is 1. The number of rotatable bonds is 9. The van der Waals surface area contributed by atoms with Gasteiger partial charge in [-0.3, -0.25) is 9.59 Å². The highest BCUT2D eigenvalue weighted by Gasteiger charge is 2.26. The zero-order valence-corrected chi connectivity index (χ0v) is 19.6. The second-order valence-corrected chi connectivity index (χ2v) is 8.64. The van der Waals surface area contributed by atoms with Crippen molar-refractivity contribution in [2.24, 2.45) is 0 Å². The van der Waals surface area contributed by atoms with Crippen LogP contribution in [0.4, 0.5) is 0 Å². The molecule has 0 saturated heterocycles. The number of amides is 2. The maximum absolute atomic E-state index is 13.1. The van der Waals surface area contributed by atoms with E-state index in [0.717, 1.165) is 22.9 Å². The van der Waals surface area contributed by atoms with Crippen LogP contribution in [0, 0.1) is 0 Å². The molecular formula is C22H25BrCl2N2O2. The number of hydrogen-bond donors (Lipinski definition) is 1. The molecule has 1 atom stereocenters. The van der Waals surface area contributed by atoms with E-state index >= 15 is 0 Å². The fourth-order valence-corrected chi connectivity index (χ4v) is 3.57. The highest BCUT2D eigenvalue weighted by Crippen LogP contribution is 2.23. The molecule has 0 radical (unpaired) electrons. The maximum atomic E-state index is 13.1. The second-order valence-electron chi connectivity index (χ2n) is 6.88. The first-order valence-electron chi connectivity index (χ1n) is 9.57. The van der Waals surface area contributed by atoms with Gasteiger partial charge in [-0.1, -0.05) is 70.7 Å². The Morgan fingerprint density at radius 1 is 1.14 bits per heavy atom. The third-order valence-corrected chi connectivity index (χ3v) is 5.74. The molecule has 2 amide bonds. The van der Waals surface area contributed by atoms with Gasteiger partial charge in [-0.05, 0) is 48.7 Å². The summed E-state index contributed by atoms with van der Waals surface area (Å²) in [7, 11) is 0. The smallest absolute Gasteiger partial charge is 0.242 e.